The minimum atomic E-state index is -0.983. The summed E-state index contributed by atoms with van der Waals surface area (Å²) in [4.78, 5) is 39.1. The van der Waals surface area contributed by atoms with Crippen molar-refractivity contribution in [2.75, 3.05) is 19.7 Å². The van der Waals surface area contributed by atoms with Gasteiger partial charge in [0, 0.05) is 23.9 Å². The molecule has 0 fully saturated rings. The maximum atomic E-state index is 13.2. The number of ether oxygens (including phenoxy) is 1. The molecule has 3 aromatic rings. The number of carbonyl (C=O) groups excluding carboxylic acids is 2. The number of nitrogens with zero attached hydrogens (tertiary/aromatic N) is 1. The van der Waals surface area contributed by atoms with Gasteiger partial charge in [-0.1, -0.05) is 54.6 Å². The van der Waals surface area contributed by atoms with Crippen LogP contribution in [0.5, 0.6) is 0 Å². The molecule has 0 bridgehead atoms. The molecule has 2 amide bonds. The molecule has 2 aromatic carbocycles. The van der Waals surface area contributed by atoms with Gasteiger partial charge >= 0.3 is 12.1 Å². The van der Waals surface area contributed by atoms with Crippen LogP contribution in [0, 0.1) is 0 Å². The average Bonchev–Trinajstić information content (AvgIpc) is 3.48. The Labute approximate surface area is 202 Å². The predicted octanol–water partition coefficient (Wildman–Crippen LogP) is 4.65. The molecule has 0 spiro atoms. The van der Waals surface area contributed by atoms with Gasteiger partial charge in [-0.2, -0.15) is 0 Å². The normalized spacial score (nSPS) is 13.0. The summed E-state index contributed by atoms with van der Waals surface area (Å²) in [6.07, 6.45) is -0.857. The number of likely N-dealkylation sites (N-methyl/N-ethyl adjacent to an activating group) is 1. The highest BCUT2D eigenvalue weighted by Crippen LogP contribution is 2.44. The van der Waals surface area contributed by atoms with Crippen molar-refractivity contribution < 1.29 is 24.2 Å². The van der Waals surface area contributed by atoms with Gasteiger partial charge < -0.3 is 20.1 Å². The fourth-order valence-corrected chi connectivity index (χ4v) is 5.07. The molecule has 4 rings (SSSR count). The third-order valence-corrected chi connectivity index (χ3v) is 6.91. The quantitative estimate of drug-likeness (QED) is 0.467. The standard InChI is InChI=1S/C26H26N2O5S/c1-2-28(14-13-23(29)30)25(31)24(22-12-7-15-34-22)27-26(32)33-16-21-19-10-5-3-8-17(19)18-9-4-6-11-20(18)21/h3-12,15,21,24H,2,13-14,16H2,1H3,(H,27,32)(H,29,30). The van der Waals surface area contributed by atoms with Crippen LogP contribution in [-0.4, -0.2) is 47.7 Å². The summed E-state index contributed by atoms with van der Waals surface area (Å²) in [6.45, 7) is 2.32. The molecule has 7 nitrogen and oxygen atoms in total. The van der Waals surface area contributed by atoms with Crippen LogP contribution in [0.15, 0.2) is 66.0 Å². The third-order valence-electron chi connectivity index (χ3n) is 5.97. The SMILES string of the molecule is CCN(CCC(=O)O)C(=O)C(NC(=O)OCC1c2ccccc2-c2ccccc21)c1cccs1. The van der Waals surface area contributed by atoms with Gasteiger partial charge in [-0.3, -0.25) is 9.59 Å². The van der Waals surface area contributed by atoms with Gasteiger partial charge in [-0.25, -0.2) is 4.79 Å². The highest BCUT2D eigenvalue weighted by atomic mass is 32.1. The second kappa shape index (κ2) is 10.5. The van der Waals surface area contributed by atoms with Crippen molar-refractivity contribution >= 4 is 29.3 Å². The Morgan fingerprint density at radius 1 is 1.03 bits per heavy atom. The van der Waals surface area contributed by atoms with Crippen LogP contribution in [0.25, 0.3) is 11.1 Å². The molecule has 176 valence electrons. The monoisotopic (exact) mass is 478 g/mol. The number of hydrogen-bond acceptors (Lipinski definition) is 5. The van der Waals surface area contributed by atoms with E-state index in [1.807, 2.05) is 41.8 Å². The Morgan fingerprint density at radius 3 is 2.24 bits per heavy atom. The van der Waals surface area contributed by atoms with Gasteiger partial charge in [-0.05, 0) is 40.6 Å². The number of carboxylic acids is 1. The van der Waals surface area contributed by atoms with Gasteiger partial charge in [0.05, 0.1) is 6.42 Å². The summed E-state index contributed by atoms with van der Waals surface area (Å²) in [5.41, 5.74) is 4.48. The number of fused-ring (bicyclic) bond motifs is 3. The first-order valence-corrected chi connectivity index (χ1v) is 12.0. The Hall–Kier alpha value is -3.65. The van der Waals surface area contributed by atoms with E-state index in [0.717, 1.165) is 22.3 Å². The van der Waals surface area contributed by atoms with Gasteiger partial charge in [0.15, 0.2) is 0 Å². The Kier molecular flexibility index (Phi) is 7.27. The van der Waals surface area contributed by atoms with Crippen molar-refractivity contribution in [1.29, 1.82) is 0 Å². The lowest BCUT2D eigenvalue weighted by atomic mass is 9.98. The van der Waals surface area contributed by atoms with E-state index < -0.39 is 18.1 Å². The third kappa shape index (κ3) is 4.97. The molecule has 1 atom stereocenters. The van der Waals surface area contributed by atoms with E-state index in [1.54, 1.807) is 19.1 Å². The number of thiophene rings is 1. The molecular weight excluding hydrogens is 452 g/mol. The van der Waals surface area contributed by atoms with E-state index in [-0.39, 0.29) is 31.4 Å². The van der Waals surface area contributed by atoms with Gasteiger partial charge in [-0.15, -0.1) is 11.3 Å². The van der Waals surface area contributed by atoms with E-state index in [0.29, 0.717) is 11.4 Å². The van der Waals surface area contributed by atoms with Crippen LogP contribution in [-0.2, 0) is 14.3 Å². The number of nitrogens with one attached hydrogen (secondary N) is 1. The van der Waals surface area contributed by atoms with E-state index in [9.17, 15) is 14.4 Å². The lowest BCUT2D eigenvalue weighted by Gasteiger charge is -2.26. The zero-order valence-electron chi connectivity index (χ0n) is 18.8. The first-order chi connectivity index (χ1) is 16.5. The van der Waals surface area contributed by atoms with Gasteiger partial charge in [0.25, 0.3) is 5.91 Å². The number of hydrogen-bond donors (Lipinski definition) is 2. The summed E-state index contributed by atoms with van der Waals surface area (Å²) >= 11 is 1.34. The number of aliphatic carboxylic acids is 1. The molecule has 8 heteroatoms. The smallest absolute Gasteiger partial charge is 0.408 e. The minimum Gasteiger partial charge on any atom is -0.481 e. The summed E-state index contributed by atoms with van der Waals surface area (Å²) in [5.74, 6) is -1.43. The number of carbonyl (C=O) groups is 3. The van der Waals surface area contributed by atoms with E-state index in [2.05, 4.69) is 17.4 Å². The second-order valence-corrected chi connectivity index (χ2v) is 8.96. The summed E-state index contributed by atoms with van der Waals surface area (Å²) in [7, 11) is 0. The molecule has 34 heavy (non-hydrogen) atoms. The molecule has 1 heterocycles. The van der Waals surface area contributed by atoms with Crippen molar-refractivity contribution in [3.05, 3.63) is 82.0 Å². The maximum Gasteiger partial charge on any atom is 0.408 e. The molecule has 1 aliphatic rings. The molecule has 1 aromatic heterocycles. The lowest BCUT2D eigenvalue weighted by Crippen LogP contribution is -2.43. The van der Waals surface area contributed by atoms with Crippen molar-refractivity contribution in [3.63, 3.8) is 0 Å². The Morgan fingerprint density at radius 2 is 1.68 bits per heavy atom. The predicted molar refractivity (Wildman–Crippen MR) is 130 cm³/mol. The Balaban J connectivity index is 1.47. The molecular formula is C26H26N2O5S. The number of carboxylic acid groups (broad SMARTS) is 1. The van der Waals surface area contributed by atoms with Crippen molar-refractivity contribution in [1.82, 2.24) is 10.2 Å². The number of amides is 2. The van der Waals surface area contributed by atoms with Crippen molar-refractivity contribution in [3.8, 4) is 11.1 Å². The average molecular weight is 479 g/mol. The molecule has 0 radical (unpaired) electrons. The summed E-state index contributed by atoms with van der Waals surface area (Å²) < 4.78 is 5.62. The maximum absolute atomic E-state index is 13.2. The Bertz CT molecular complexity index is 1130. The van der Waals surface area contributed by atoms with Crippen LogP contribution in [0.2, 0.25) is 0 Å². The van der Waals surface area contributed by atoms with Gasteiger partial charge in [0.1, 0.15) is 12.6 Å². The molecule has 0 saturated carbocycles. The molecule has 0 saturated heterocycles. The summed E-state index contributed by atoms with van der Waals surface area (Å²) in [5, 5.41) is 13.5. The second-order valence-electron chi connectivity index (χ2n) is 7.98. The zero-order chi connectivity index (χ0) is 24.1. The highest BCUT2D eigenvalue weighted by Gasteiger charge is 2.31. The van der Waals surface area contributed by atoms with Crippen LogP contribution < -0.4 is 5.32 Å². The minimum absolute atomic E-state index is 0.0684. The topological polar surface area (TPSA) is 95.9 Å². The molecule has 2 N–H and O–H groups in total. The van der Waals surface area contributed by atoms with E-state index in [4.69, 9.17) is 9.84 Å². The van der Waals surface area contributed by atoms with E-state index >= 15 is 0 Å². The van der Waals surface area contributed by atoms with Crippen LogP contribution in [0.1, 0.15) is 41.3 Å². The molecule has 1 aliphatic carbocycles. The first kappa shape index (κ1) is 23.5. The lowest BCUT2D eigenvalue weighted by molar-refractivity contribution is -0.139. The number of rotatable bonds is 9. The van der Waals surface area contributed by atoms with Crippen molar-refractivity contribution in [2.24, 2.45) is 0 Å². The van der Waals surface area contributed by atoms with Crippen LogP contribution in [0.3, 0.4) is 0 Å². The fraction of sp³-hybridized carbons (Fsp3) is 0.269. The molecule has 0 aliphatic heterocycles. The number of benzene rings is 2. The van der Waals surface area contributed by atoms with Crippen LogP contribution >= 0.6 is 11.3 Å². The van der Waals surface area contributed by atoms with Crippen molar-refractivity contribution in [2.45, 2.75) is 25.3 Å². The highest BCUT2D eigenvalue weighted by molar-refractivity contribution is 7.10. The van der Waals surface area contributed by atoms with Crippen LogP contribution in [0.4, 0.5) is 4.79 Å². The largest absolute Gasteiger partial charge is 0.481 e. The first-order valence-electron chi connectivity index (χ1n) is 11.1. The fourth-order valence-electron chi connectivity index (χ4n) is 4.31. The van der Waals surface area contributed by atoms with E-state index in [1.165, 1.54) is 16.2 Å². The molecule has 1 unspecified atom stereocenters. The zero-order valence-corrected chi connectivity index (χ0v) is 19.6. The van der Waals surface area contributed by atoms with Gasteiger partial charge in [0.2, 0.25) is 0 Å². The number of alkyl carbamates (subject to hydrolysis) is 1. The summed E-state index contributed by atoms with van der Waals surface area (Å²) in [6, 6.07) is 18.8.